The van der Waals surface area contributed by atoms with Crippen molar-refractivity contribution in [2.45, 2.75) is 6.54 Å². The van der Waals surface area contributed by atoms with Crippen molar-refractivity contribution < 1.29 is 0 Å². The molecule has 0 atom stereocenters. The summed E-state index contributed by atoms with van der Waals surface area (Å²) >= 11 is 3.25. The van der Waals surface area contributed by atoms with Crippen LogP contribution >= 0.6 is 15.9 Å². The Kier molecular flexibility index (Phi) is 2.88. The van der Waals surface area contributed by atoms with Gasteiger partial charge in [0, 0.05) is 0 Å². The van der Waals surface area contributed by atoms with Crippen LogP contribution in [0.2, 0.25) is 0 Å². The fraction of sp³-hybridized carbons (Fsp3) is 0.100. The molecule has 0 aliphatic rings. The lowest BCUT2D eigenvalue weighted by Crippen LogP contribution is -2.04. The van der Waals surface area contributed by atoms with E-state index in [1.807, 2.05) is 18.2 Å². The first-order valence-electron chi connectivity index (χ1n) is 4.54. The summed E-state index contributed by atoms with van der Waals surface area (Å²) in [6, 6.07) is 9.48. The number of nitrogen functional groups attached to an aromatic ring is 1. The number of halogens is 1. The number of nitriles is 1. The quantitative estimate of drug-likeness (QED) is 0.903. The molecule has 1 aromatic carbocycles. The molecule has 5 nitrogen and oxygen atoms in total. The lowest BCUT2D eigenvalue weighted by atomic mass is 10.1. The van der Waals surface area contributed by atoms with Gasteiger partial charge in [0.2, 0.25) is 5.95 Å². The van der Waals surface area contributed by atoms with E-state index in [1.54, 1.807) is 10.7 Å². The molecule has 6 heteroatoms. The molecule has 2 N–H and O–H groups in total. The van der Waals surface area contributed by atoms with Crippen LogP contribution in [0, 0.1) is 11.3 Å². The van der Waals surface area contributed by atoms with Gasteiger partial charge in [-0.15, -0.1) is 5.10 Å². The molecular formula is C10H8BrN5. The fourth-order valence-electron chi connectivity index (χ4n) is 1.37. The van der Waals surface area contributed by atoms with Crippen LogP contribution in [-0.4, -0.2) is 14.8 Å². The molecule has 0 fully saturated rings. The number of rotatable bonds is 2. The van der Waals surface area contributed by atoms with Crippen LogP contribution in [0.1, 0.15) is 11.1 Å². The first kappa shape index (κ1) is 10.6. The summed E-state index contributed by atoms with van der Waals surface area (Å²) < 4.78 is 2.16. The Bertz CT molecular complexity index is 555. The van der Waals surface area contributed by atoms with Crippen molar-refractivity contribution in [1.82, 2.24) is 14.8 Å². The van der Waals surface area contributed by atoms with Gasteiger partial charge in [0.25, 0.3) is 0 Å². The Labute approximate surface area is 101 Å². The predicted molar refractivity (Wildman–Crippen MR) is 62.4 cm³/mol. The molecule has 0 saturated heterocycles. The summed E-state index contributed by atoms with van der Waals surface area (Å²) in [4.78, 5) is 3.93. The van der Waals surface area contributed by atoms with E-state index >= 15 is 0 Å². The first-order valence-corrected chi connectivity index (χ1v) is 5.34. The Hall–Kier alpha value is -1.87. The second kappa shape index (κ2) is 4.33. The van der Waals surface area contributed by atoms with Crippen molar-refractivity contribution in [2.24, 2.45) is 0 Å². The zero-order valence-electron chi connectivity index (χ0n) is 8.26. The fourth-order valence-corrected chi connectivity index (χ4v) is 1.76. The zero-order chi connectivity index (χ0) is 11.5. The molecule has 0 unspecified atom stereocenters. The summed E-state index contributed by atoms with van der Waals surface area (Å²) in [5.74, 6) is 0.210. The molecule has 16 heavy (non-hydrogen) atoms. The Morgan fingerprint density at radius 2 is 2.19 bits per heavy atom. The molecule has 0 amide bonds. The van der Waals surface area contributed by atoms with E-state index in [9.17, 15) is 0 Å². The van der Waals surface area contributed by atoms with Gasteiger partial charge in [-0.3, -0.25) is 0 Å². The van der Waals surface area contributed by atoms with Crippen LogP contribution in [-0.2, 0) is 6.54 Å². The van der Waals surface area contributed by atoms with Crippen molar-refractivity contribution in [3.8, 4) is 6.07 Å². The monoisotopic (exact) mass is 277 g/mol. The van der Waals surface area contributed by atoms with Crippen LogP contribution in [0.15, 0.2) is 29.0 Å². The molecule has 0 saturated carbocycles. The molecule has 0 spiro atoms. The van der Waals surface area contributed by atoms with Gasteiger partial charge >= 0.3 is 0 Å². The number of hydrogen-bond acceptors (Lipinski definition) is 4. The Morgan fingerprint density at radius 3 is 2.81 bits per heavy atom. The van der Waals surface area contributed by atoms with E-state index in [-0.39, 0.29) is 5.95 Å². The van der Waals surface area contributed by atoms with Gasteiger partial charge in [-0.05, 0) is 27.6 Å². The number of hydrogen-bond donors (Lipinski definition) is 1. The average molecular weight is 278 g/mol. The maximum atomic E-state index is 8.94. The molecule has 0 aliphatic heterocycles. The topological polar surface area (TPSA) is 80.5 Å². The summed E-state index contributed by atoms with van der Waals surface area (Å²) in [7, 11) is 0. The lowest BCUT2D eigenvalue weighted by Gasteiger charge is -2.03. The molecule has 80 valence electrons. The highest BCUT2D eigenvalue weighted by molar-refractivity contribution is 9.10. The van der Waals surface area contributed by atoms with Crippen LogP contribution in [0.25, 0.3) is 0 Å². The van der Waals surface area contributed by atoms with Crippen molar-refractivity contribution in [1.29, 1.82) is 5.26 Å². The van der Waals surface area contributed by atoms with Crippen LogP contribution in [0.5, 0.6) is 0 Å². The predicted octanol–water partition coefficient (Wildman–Crippen LogP) is 1.54. The van der Waals surface area contributed by atoms with Gasteiger partial charge in [-0.1, -0.05) is 18.2 Å². The van der Waals surface area contributed by atoms with Gasteiger partial charge in [0.05, 0.1) is 18.2 Å². The Morgan fingerprint density at radius 1 is 1.44 bits per heavy atom. The van der Waals surface area contributed by atoms with E-state index in [4.69, 9.17) is 11.0 Å². The van der Waals surface area contributed by atoms with Crippen LogP contribution in [0.3, 0.4) is 0 Å². The number of benzene rings is 1. The summed E-state index contributed by atoms with van der Waals surface area (Å²) in [5, 5.41) is 12.9. The smallest absolute Gasteiger partial charge is 0.240 e. The third kappa shape index (κ3) is 2.04. The SMILES string of the molecule is N#Cc1ccccc1Cn1nc(N)nc1Br. The zero-order valence-corrected chi connectivity index (χ0v) is 9.85. The molecule has 2 aromatic rings. The third-order valence-electron chi connectivity index (χ3n) is 2.10. The van der Waals surface area contributed by atoms with Gasteiger partial charge in [0.15, 0.2) is 4.73 Å². The minimum atomic E-state index is 0.210. The standard InChI is InChI=1S/C10H8BrN5/c11-9-14-10(13)15-16(9)6-8-4-2-1-3-7(8)5-12/h1-4H,6H2,(H2,13,15). The summed E-state index contributed by atoms with van der Waals surface area (Å²) in [6.07, 6.45) is 0. The van der Waals surface area contributed by atoms with E-state index in [1.165, 1.54) is 0 Å². The molecule has 1 heterocycles. The summed E-state index contributed by atoms with van der Waals surface area (Å²) in [5.41, 5.74) is 6.98. The van der Waals surface area contributed by atoms with Gasteiger partial charge < -0.3 is 5.73 Å². The van der Waals surface area contributed by atoms with E-state index < -0.39 is 0 Å². The maximum absolute atomic E-state index is 8.94. The molecule has 0 bridgehead atoms. The largest absolute Gasteiger partial charge is 0.366 e. The molecular weight excluding hydrogens is 270 g/mol. The van der Waals surface area contributed by atoms with Crippen molar-refractivity contribution in [2.75, 3.05) is 5.73 Å². The van der Waals surface area contributed by atoms with E-state index in [0.29, 0.717) is 16.8 Å². The first-order chi connectivity index (χ1) is 7.70. The molecule has 0 radical (unpaired) electrons. The van der Waals surface area contributed by atoms with Gasteiger partial charge in [-0.2, -0.15) is 10.2 Å². The highest BCUT2D eigenvalue weighted by Crippen LogP contribution is 2.13. The normalized spacial score (nSPS) is 10.0. The highest BCUT2D eigenvalue weighted by Gasteiger charge is 2.07. The average Bonchev–Trinajstić information content (AvgIpc) is 2.58. The molecule has 2 rings (SSSR count). The third-order valence-corrected chi connectivity index (χ3v) is 2.69. The van der Waals surface area contributed by atoms with Crippen molar-refractivity contribution >= 4 is 21.9 Å². The minimum Gasteiger partial charge on any atom is -0.366 e. The minimum absolute atomic E-state index is 0.210. The Balaban J connectivity index is 2.34. The van der Waals surface area contributed by atoms with Gasteiger partial charge in [-0.25, -0.2) is 4.68 Å². The summed E-state index contributed by atoms with van der Waals surface area (Å²) in [6.45, 7) is 0.467. The second-order valence-electron chi connectivity index (χ2n) is 3.17. The maximum Gasteiger partial charge on any atom is 0.240 e. The van der Waals surface area contributed by atoms with Crippen LogP contribution < -0.4 is 5.73 Å². The number of nitrogens with two attached hydrogens (primary N) is 1. The van der Waals surface area contributed by atoms with E-state index in [0.717, 1.165) is 5.56 Å². The van der Waals surface area contributed by atoms with Gasteiger partial charge in [0.1, 0.15) is 0 Å². The number of anilines is 1. The van der Waals surface area contributed by atoms with E-state index in [2.05, 4.69) is 32.1 Å². The number of nitrogens with zero attached hydrogens (tertiary/aromatic N) is 4. The van der Waals surface area contributed by atoms with Crippen molar-refractivity contribution in [3.05, 3.63) is 40.1 Å². The highest BCUT2D eigenvalue weighted by atomic mass is 79.9. The van der Waals surface area contributed by atoms with Crippen molar-refractivity contribution in [3.63, 3.8) is 0 Å². The number of aromatic nitrogens is 3. The van der Waals surface area contributed by atoms with Crippen LogP contribution in [0.4, 0.5) is 5.95 Å². The molecule has 0 aliphatic carbocycles. The molecule has 1 aromatic heterocycles. The lowest BCUT2D eigenvalue weighted by molar-refractivity contribution is 0.669. The second-order valence-corrected chi connectivity index (χ2v) is 3.87.